The summed E-state index contributed by atoms with van der Waals surface area (Å²) in [5.41, 5.74) is 1.23. The maximum absolute atomic E-state index is 14.5. The van der Waals surface area contributed by atoms with Crippen LogP contribution in [0.15, 0.2) is 33.9 Å². The molecule has 55 heavy (non-hydrogen) atoms. The predicted molar refractivity (Wildman–Crippen MR) is 196 cm³/mol. The van der Waals surface area contributed by atoms with E-state index in [4.69, 9.17) is 14.3 Å². The zero-order valence-electron chi connectivity index (χ0n) is 31.4. The summed E-state index contributed by atoms with van der Waals surface area (Å²) in [6.45, 7) is 4.92. The zero-order chi connectivity index (χ0) is 39.7. The van der Waals surface area contributed by atoms with Crippen molar-refractivity contribution in [1.29, 1.82) is 0 Å². The molecule has 0 radical (unpaired) electrons. The van der Waals surface area contributed by atoms with E-state index in [2.05, 4.69) is 15.5 Å². The fourth-order valence-electron chi connectivity index (χ4n) is 7.36. The van der Waals surface area contributed by atoms with E-state index in [0.717, 1.165) is 37.0 Å². The number of methoxy groups -OCH3 is 1. The van der Waals surface area contributed by atoms with Crippen molar-refractivity contribution in [2.75, 3.05) is 13.7 Å². The third-order valence-corrected chi connectivity index (χ3v) is 13.4. The van der Waals surface area contributed by atoms with Gasteiger partial charge in [0.05, 0.1) is 25.6 Å². The molecule has 1 aromatic carbocycles. The van der Waals surface area contributed by atoms with Crippen molar-refractivity contribution < 1.29 is 51.1 Å². The van der Waals surface area contributed by atoms with Crippen LogP contribution in [0.2, 0.25) is 0 Å². The first-order chi connectivity index (χ1) is 26.0. The van der Waals surface area contributed by atoms with Crippen LogP contribution in [0.1, 0.15) is 89.7 Å². The van der Waals surface area contributed by atoms with Gasteiger partial charge in [0.15, 0.2) is 0 Å². The number of ether oxygens (including phenoxy) is 2. The minimum Gasteiger partial charge on any atom is -0.496 e. The molecule has 4 amide bonds. The number of hydrogen-bond acceptors (Lipinski definition) is 12. The average Bonchev–Trinajstić information content (AvgIpc) is 3.55. The molecular formula is C37H48FN5O10S2. The normalized spacial score (nSPS) is 26.1. The average molecular weight is 806 g/mol. The van der Waals surface area contributed by atoms with Crippen LogP contribution in [0.5, 0.6) is 5.75 Å². The van der Waals surface area contributed by atoms with Gasteiger partial charge in [-0.2, -0.15) is 0 Å². The highest BCUT2D eigenvalue weighted by molar-refractivity contribution is 7.92. The summed E-state index contributed by atoms with van der Waals surface area (Å²) in [4.78, 5) is 76.6. The Morgan fingerprint density at radius 1 is 1.05 bits per heavy atom. The second-order valence-electron chi connectivity index (χ2n) is 15.7. The first-order valence-electron chi connectivity index (χ1n) is 18.5. The van der Waals surface area contributed by atoms with Gasteiger partial charge in [0.25, 0.3) is 15.9 Å². The van der Waals surface area contributed by atoms with Crippen molar-refractivity contribution in [3.8, 4) is 5.75 Å². The molecule has 6 rings (SSSR count). The lowest BCUT2D eigenvalue weighted by molar-refractivity contribution is -0.165. The molecule has 1 aromatic heterocycles. The van der Waals surface area contributed by atoms with E-state index in [1.165, 1.54) is 34.4 Å². The lowest BCUT2D eigenvalue weighted by Crippen LogP contribution is -2.58. The van der Waals surface area contributed by atoms with E-state index in [1.807, 2.05) is 0 Å². The van der Waals surface area contributed by atoms with Gasteiger partial charge in [-0.05, 0) is 57.6 Å². The number of rotatable bonds is 7. The standard InChI is InChI=1S/C37H48FN5O10S2/c1-36(2,3)34(47)53-40-28-14-9-7-5-6-8-12-23-17-37(23,33(46)41-55(49,50)30-16-25(51-4)21-54-30)39-31(44)29-15-24(19-43(29)32(28)45)52-35(48)42-18-22-11-10-13-27(38)26(22)20-42/h10-11,13,16,21,23-24,28-29,40H,5-9,12,14-15,17-20H2,1-4H3,(H,39,44)(H,41,46)/t23-,24+,28-,29-,37+/m0/s1. The Kier molecular flexibility index (Phi) is 11.8. The van der Waals surface area contributed by atoms with Crippen LogP contribution in [0.25, 0.3) is 0 Å². The Labute approximate surface area is 323 Å². The number of amides is 4. The predicted octanol–water partition coefficient (Wildman–Crippen LogP) is 3.90. The van der Waals surface area contributed by atoms with Gasteiger partial charge in [-0.25, -0.2) is 27.1 Å². The topological polar surface area (TPSA) is 190 Å². The van der Waals surface area contributed by atoms with Crippen LogP contribution in [0.3, 0.4) is 0 Å². The van der Waals surface area contributed by atoms with E-state index < -0.39 is 74.8 Å². The molecule has 1 aliphatic carbocycles. The Morgan fingerprint density at radius 2 is 1.78 bits per heavy atom. The Morgan fingerprint density at radius 3 is 2.47 bits per heavy atom. The maximum atomic E-state index is 14.5. The molecule has 300 valence electrons. The van der Waals surface area contributed by atoms with Crippen LogP contribution in [-0.4, -0.2) is 85.4 Å². The molecule has 3 aliphatic heterocycles. The molecular weight excluding hydrogens is 758 g/mol. The molecule has 3 fully saturated rings. The van der Waals surface area contributed by atoms with Crippen molar-refractivity contribution in [1.82, 2.24) is 25.3 Å². The molecule has 18 heteroatoms. The monoisotopic (exact) mass is 805 g/mol. The summed E-state index contributed by atoms with van der Waals surface area (Å²) in [5, 5.41) is 4.31. The summed E-state index contributed by atoms with van der Waals surface area (Å²) in [6, 6.07) is 3.61. The number of thiophene rings is 1. The number of benzene rings is 1. The Bertz CT molecular complexity index is 1930. The first kappa shape index (κ1) is 40.4. The lowest BCUT2D eigenvalue weighted by Gasteiger charge is -2.30. The Balaban J connectivity index is 1.25. The molecule has 3 N–H and O–H groups in total. The quantitative estimate of drug-likeness (QED) is 0.344. The molecule has 2 saturated heterocycles. The van der Waals surface area contributed by atoms with Crippen LogP contribution in [-0.2, 0) is 51.9 Å². The number of carbonyl (C=O) groups excluding carboxylic acids is 5. The molecule has 5 atom stereocenters. The van der Waals surface area contributed by atoms with E-state index >= 15 is 0 Å². The summed E-state index contributed by atoms with van der Waals surface area (Å²) in [5.74, 6) is -3.28. The number of nitrogens with zero attached hydrogens (tertiary/aromatic N) is 2. The molecule has 2 aromatic rings. The summed E-state index contributed by atoms with van der Waals surface area (Å²) < 4.78 is 54.0. The van der Waals surface area contributed by atoms with E-state index in [1.54, 1.807) is 32.9 Å². The Hall–Kier alpha value is -4.29. The molecule has 0 unspecified atom stereocenters. The number of fused-ring (bicyclic) bond motifs is 3. The number of nitrogens with one attached hydrogen (secondary N) is 3. The molecule has 1 saturated carbocycles. The van der Waals surface area contributed by atoms with Crippen molar-refractivity contribution >= 4 is 51.1 Å². The smallest absolute Gasteiger partial charge is 0.410 e. The van der Waals surface area contributed by atoms with Crippen LogP contribution in [0, 0.1) is 17.2 Å². The van der Waals surface area contributed by atoms with Gasteiger partial charge < -0.3 is 24.5 Å². The van der Waals surface area contributed by atoms with Gasteiger partial charge in [-0.1, -0.05) is 44.2 Å². The minimum atomic E-state index is -4.32. The number of hydroxylamine groups is 1. The number of sulfonamides is 1. The van der Waals surface area contributed by atoms with Gasteiger partial charge in [0.1, 0.15) is 39.5 Å². The fourth-order valence-corrected chi connectivity index (χ4v) is 9.52. The number of halogens is 1. The van der Waals surface area contributed by atoms with Gasteiger partial charge in [-0.15, -0.1) is 16.8 Å². The summed E-state index contributed by atoms with van der Waals surface area (Å²) in [6.07, 6.45) is 2.90. The van der Waals surface area contributed by atoms with Crippen LogP contribution in [0.4, 0.5) is 9.18 Å². The van der Waals surface area contributed by atoms with E-state index in [0.29, 0.717) is 29.7 Å². The molecule has 0 spiro atoms. The fraction of sp³-hybridized carbons (Fsp3) is 0.595. The highest BCUT2D eigenvalue weighted by Crippen LogP contribution is 2.48. The second kappa shape index (κ2) is 16.1. The van der Waals surface area contributed by atoms with Crippen molar-refractivity contribution in [2.24, 2.45) is 11.3 Å². The van der Waals surface area contributed by atoms with Crippen molar-refractivity contribution in [3.63, 3.8) is 0 Å². The van der Waals surface area contributed by atoms with Crippen LogP contribution >= 0.6 is 11.3 Å². The van der Waals surface area contributed by atoms with Gasteiger partial charge in [0.2, 0.25) is 11.8 Å². The van der Waals surface area contributed by atoms with Gasteiger partial charge in [0, 0.05) is 30.0 Å². The first-order valence-corrected chi connectivity index (χ1v) is 20.9. The zero-order valence-corrected chi connectivity index (χ0v) is 33.0. The molecule has 4 aliphatic rings. The van der Waals surface area contributed by atoms with Gasteiger partial charge >= 0.3 is 12.1 Å². The third kappa shape index (κ3) is 8.91. The highest BCUT2D eigenvalue weighted by atomic mass is 32.2. The van der Waals surface area contributed by atoms with Gasteiger partial charge in [-0.3, -0.25) is 19.3 Å². The number of hydrogen-bond donors (Lipinski definition) is 3. The maximum Gasteiger partial charge on any atom is 0.410 e. The second-order valence-corrected chi connectivity index (χ2v) is 18.6. The van der Waals surface area contributed by atoms with E-state index in [-0.39, 0.29) is 49.0 Å². The molecule has 0 bridgehead atoms. The SMILES string of the molecule is COc1csc(S(=O)(=O)NC(=O)[C@@]23C[C@@H]2CCCCCCC[C@H](NOC(=O)C(C)(C)C)C(=O)N2C[C@H](OC(=O)N4Cc5cccc(F)c5C4)C[C@H]2C(=O)N3)c1. The largest absolute Gasteiger partial charge is 0.496 e. The van der Waals surface area contributed by atoms with E-state index in [9.17, 15) is 36.8 Å². The summed E-state index contributed by atoms with van der Waals surface area (Å²) >= 11 is 0.879. The van der Waals surface area contributed by atoms with Crippen molar-refractivity contribution in [2.45, 2.75) is 120 Å². The molecule has 15 nitrogen and oxygen atoms in total. The number of carbonyl (C=O) groups is 5. The van der Waals surface area contributed by atoms with Crippen molar-refractivity contribution in [3.05, 3.63) is 46.6 Å². The summed E-state index contributed by atoms with van der Waals surface area (Å²) in [7, 11) is -2.92. The lowest BCUT2D eigenvalue weighted by atomic mass is 9.98. The highest BCUT2D eigenvalue weighted by Gasteiger charge is 2.62. The van der Waals surface area contributed by atoms with Crippen LogP contribution < -0.4 is 20.3 Å². The molecule has 4 heterocycles. The third-order valence-electron chi connectivity index (χ3n) is 10.7. The minimum absolute atomic E-state index is 0.00849.